The molecule has 1 heterocycles. The van der Waals surface area contributed by atoms with Gasteiger partial charge in [0, 0.05) is 4.47 Å². The second kappa shape index (κ2) is 5.63. The molecule has 2 aliphatic rings. The first-order chi connectivity index (χ1) is 9.24. The average Bonchev–Trinajstić information content (AvgIpc) is 3.00. The van der Waals surface area contributed by atoms with Crippen LogP contribution in [0.15, 0.2) is 28.7 Å². The fourth-order valence-electron chi connectivity index (χ4n) is 3.27. The van der Waals surface area contributed by atoms with Crippen molar-refractivity contribution < 1.29 is 9.53 Å². The van der Waals surface area contributed by atoms with Crippen LogP contribution < -0.4 is 5.32 Å². The predicted molar refractivity (Wildman–Crippen MR) is 76.6 cm³/mol. The van der Waals surface area contributed by atoms with Gasteiger partial charge in [-0.25, -0.2) is 0 Å². The van der Waals surface area contributed by atoms with Crippen LogP contribution in [0.3, 0.4) is 0 Å². The molecule has 1 saturated heterocycles. The number of hydrogen-bond acceptors (Lipinski definition) is 3. The molecule has 1 N–H and O–H groups in total. The summed E-state index contributed by atoms with van der Waals surface area (Å²) in [4.78, 5) is 12.1. The minimum absolute atomic E-state index is 0.0806. The summed E-state index contributed by atoms with van der Waals surface area (Å²) in [5.41, 5.74) is 1.03. The van der Waals surface area contributed by atoms with E-state index in [4.69, 9.17) is 4.74 Å². The number of nitrogens with one attached hydrogen (secondary N) is 1. The maximum Gasteiger partial charge on any atom is 0.323 e. The van der Waals surface area contributed by atoms with Crippen LogP contribution in [-0.4, -0.2) is 18.6 Å². The second-order valence-corrected chi connectivity index (χ2v) is 6.39. The molecule has 4 heteroatoms. The normalized spacial score (nSPS) is 29.2. The molecule has 0 aromatic heterocycles. The molecular formula is C15H18BrNO2. The fraction of sp³-hybridized carbons (Fsp3) is 0.533. The minimum Gasteiger partial charge on any atom is -0.460 e. The van der Waals surface area contributed by atoms with Gasteiger partial charge >= 0.3 is 5.97 Å². The number of benzene rings is 1. The van der Waals surface area contributed by atoms with E-state index < -0.39 is 0 Å². The highest BCUT2D eigenvalue weighted by molar-refractivity contribution is 9.10. The molecule has 1 aromatic carbocycles. The van der Waals surface area contributed by atoms with E-state index in [0.29, 0.717) is 18.4 Å². The van der Waals surface area contributed by atoms with Crippen LogP contribution in [-0.2, 0) is 16.1 Å². The average molecular weight is 324 g/mol. The molecule has 0 spiro atoms. The summed E-state index contributed by atoms with van der Waals surface area (Å²) in [6.07, 6.45) is 3.68. The van der Waals surface area contributed by atoms with Gasteiger partial charge in [0.2, 0.25) is 0 Å². The first-order valence-electron chi connectivity index (χ1n) is 6.88. The molecule has 19 heavy (non-hydrogen) atoms. The van der Waals surface area contributed by atoms with E-state index in [2.05, 4.69) is 21.2 Å². The van der Waals surface area contributed by atoms with E-state index in [-0.39, 0.29) is 12.0 Å². The zero-order chi connectivity index (χ0) is 13.2. The Hall–Kier alpha value is -0.870. The summed E-state index contributed by atoms with van der Waals surface area (Å²) in [7, 11) is 0. The summed E-state index contributed by atoms with van der Waals surface area (Å²) in [5, 5.41) is 3.32. The first kappa shape index (κ1) is 13.1. The van der Waals surface area contributed by atoms with Gasteiger partial charge in [-0.3, -0.25) is 4.79 Å². The second-order valence-electron chi connectivity index (χ2n) is 5.47. The van der Waals surface area contributed by atoms with Crippen molar-refractivity contribution in [1.82, 2.24) is 5.32 Å². The van der Waals surface area contributed by atoms with Crippen molar-refractivity contribution in [3.8, 4) is 0 Å². The van der Waals surface area contributed by atoms with Crippen molar-refractivity contribution >= 4 is 21.9 Å². The van der Waals surface area contributed by atoms with Crippen LogP contribution in [0.1, 0.15) is 24.8 Å². The van der Waals surface area contributed by atoms with E-state index >= 15 is 0 Å². The van der Waals surface area contributed by atoms with Gasteiger partial charge in [0.05, 0.1) is 0 Å². The lowest BCUT2D eigenvalue weighted by Gasteiger charge is -2.16. The molecule has 1 aliphatic heterocycles. The number of rotatable bonds is 3. The quantitative estimate of drug-likeness (QED) is 0.869. The van der Waals surface area contributed by atoms with Crippen LogP contribution in [0, 0.1) is 11.8 Å². The predicted octanol–water partition coefficient (Wildman–Crippen LogP) is 2.88. The largest absolute Gasteiger partial charge is 0.460 e. The lowest BCUT2D eigenvalue weighted by atomic mass is 9.94. The summed E-state index contributed by atoms with van der Waals surface area (Å²) in [5.74, 6) is 1.10. The van der Waals surface area contributed by atoms with Crippen molar-refractivity contribution in [3.05, 3.63) is 34.3 Å². The molecule has 3 unspecified atom stereocenters. The Balaban J connectivity index is 1.55. The van der Waals surface area contributed by atoms with Crippen molar-refractivity contribution in [2.75, 3.05) is 6.54 Å². The van der Waals surface area contributed by atoms with Crippen LogP contribution in [0.25, 0.3) is 0 Å². The monoisotopic (exact) mass is 323 g/mol. The van der Waals surface area contributed by atoms with Gasteiger partial charge in [-0.2, -0.15) is 0 Å². The third kappa shape index (κ3) is 2.84. The van der Waals surface area contributed by atoms with Crippen molar-refractivity contribution in [3.63, 3.8) is 0 Å². The molecule has 3 atom stereocenters. The van der Waals surface area contributed by atoms with Crippen molar-refractivity contribution in [1.29, 1.82) is 0 Å². The number of esters is 1. The Morgan fingerprint density at radius 1 is 1.32 bits per heavy atom. The van der Waals surface area contributed by atoms with E-state index in [1.807, 2.05) is 24.3 Å². The zero-order valence-corrected chi connectivity index (χ0v) is 12.4. The number of carbonyl (C=O) groups excluding carboxylic acids is 1. The third-order valence-corrected chi connectivity index (χ3v) is 4.82. The highest BCUT2D eigenvalue weighted by atomic mass is 79.9. The number of hydrogen-bond donors (Lipinski definition) is 1. The molecule has 0 amide bonds. The standard InChI is InChI=1S/C15H18BrNO2/c16-12-6-4-10(5-7-12)9-19-15(18)14-13-3-1-2-11(13)8-17-14/h4-7,11,13-14,17H,1-3,8-9H2. The van der Waals surface area contributed by atoms with Gasteiger partial charge < -0.3 is 10.1 Å². The Labute approximate surface area is 121 Å². The lowest BCUT2D eigenvalue weighted by Crippen LogP contribution is -2.36. The number of halogens is 1. The molecule has 1 aromatic rings. The maximum absolute atomic E-state index is 12.1. The highest BCUT2D eigenvalue weighted by Gasteiger charge is 2.43. The van der Waals surface area contributed by atoms with E-state index in [1.54, 1.807) is 0 Å². The van der Waals surface area contributed by atoms with Crippen LogP contribution in [0.2, 0.25) is 0 Å². The lowest BCUT2D eigenvalue weighted by molar-refractivity contribution is -0.148. The zero-order valence-electron chi connectivity index (χ0n) is 10.8. The number of carbonyl (C=O) groups is 1. The summed E-state index contributed by atoms with van der Waals surface area (Å²) < 4.78 is 6.48. The molecule has 102 valence electrons. The van der Waals surface area contributed by atoms with Gasteiger partial charge in [0.1, 0.15) is 12.6 Å². The van der Waals surface area contributed by atoms with E-state index in [9.17, 15) is 4.79 Å². The van der Waals surface area contributed by atoms with Crippen molar-refractivity contribution in [2.45, 2.75) is 31.9 Å². The van der Waals surface area contributed by atoms with Crippen LogP contribution in [0.4, 0.5) is 0 Å². The number of ether oxygens (including phenoxy) is 1. The van der Waals surface area contributed by atoms with Gasteiger partial charge in [0.15, 0.2) is 0 Å². The smallest absolute Gasteiger partial charge is 0.323 e. The van der Waals surface area contributed by atoms with E-state index in [1.165, 1.54) is 12.8 Å². The van der Waals surface area contributed by atoms with Gasteiger partial charge in [-0.05, 0) is 48.9 Å². The molecule has 3 rings (SSSR count). The molecule has 1 aliphatic carbocycles. The fourth-order valence-corrected chi connectivity index (χ4v) is 3.53. The Bertz CT molecular complexity index is 460. The first-order valence-corrected chi connectivity index (χ1v) is 7.68. The summed E-state index contributed by atoms with van der Waals surface area (Å²) in [6.45, 7) is 1.34. The molecule has 1 saturated carbocycles. The van der Waals surface area contributed by atoms with Crippen LogP contribution >= 0.6 is 15.9 Å². The van der Waals surface area contributed by atoms with Crippen LogP contribution in [0.5, 0.6) is 0 Å². The van der Waals surface area contributed by atoms with Gasteiger partial charge in [0.25, 0.3) is 0 Å². The molecule has 0 radical (unpaired) electrons. The third-order valence-electron chi connectivity index (χ3n) is 4.29. The summed E-state index contributed by atoms with van der Waals surface area (Å²) in [6, 6.07) is 7.78. The Morgan fingerprint density at radius 2 is 2.11 bits per heavy atom. The molecule has 2 fully saturated rings. The highest BCUT2D eigenvalue weighted by Crippen LogP contribution is 2.38. The minimum atomic E-state index is -0.0858. The maximum atomic E-state index is 12.1. The van der Waals surface area contributed by atoms with Crippen molar-refractivity contribution in [2.24, 2.45) is 11.8 Å². The Kier molecular flexibility index (Phi) is 3.89. The van der Waals surface area contributed by atoms with Gasteiger partial charge in [-0.15, -0.1) is 0 Å². The summed E-state index contributed by atoms with van der Waals surface area (Å²) >= 11 is 3.39. The topological polar surface area (TPSA) is 38.3 Å². The SMILES string of the molecule is O=C(OCc1ccc(Br)cc1)C1NCC2CCCC21. The van der Waals surface area contributed by atoms with E-state index in [0.717, 1.165) is 23.0 Å². The molecule has 0 bridgehead atoms. The number of fused-ring (bicyclic) bond motifs is 1. The molecule has 3 nitrogen and oxygen atoms in total. The van der Waals surface area contributed by atoms with Gasteiger partial charge in [-0.1, -0.05) is 34.5 Å². The molecular weight excluding hydrogens is 306 g/mol. The Morgan fingerprint density at radius 3 is 2.89 bits per heavy atom.